The quantitative estimate of drug-likeness (QED) is 0.335. The van der Waals surface area contributed by atoms with Crippen molar-refractivity contribution in [3.8, 4) is 11.1 Å². The Morgan fingerprint density at radius 2 is 1.81 bits per heavy atom. The van der Waals surface area contributed by atoms with E-state index in [2.05, 4.69) is 15.5 Å². The number of aliphatic hydroxyl groups is 2. The first-order valence-corrected chi connectivity index (χ1v) is 10.4. The number of amides is 1. The molecule has 8 nitrogen and oxygen atoms in total. The Balaban J connectivity index is 1.74. The molecule has 3 aromatic rings. The van der Waals surface area contributed by atoms with E-state index in [0.29, 0.717) is 17.1 Å². The van der Waals surface area contributed by atoms with Crippen LogP contribution in [-0.4, -0.2) is 49.5 Å². The summed E-state index contributed by atoms with van der Waals surface area (Å²) in [5.41, 5.74) is 3.22. The van der Waals surface area contributed by atoms with Crippen LogP contribution in [0.5, 0.6) is 0 Å². The summed E-state index contributed by atoms with van der Waals surface area (Å²) in [5.74, 6) is -1.87. The van der Waals surface area contributed by atoms with Crippen molar-refractivity contribution in [1.29, 1.82) is 0 Å². The third kappa shape index (κ3) is 6.16. The van der Waals surface area contributed by atoms with E-state index in [9.17, 15) is 19.8 Å². The summed E-state index contributed by atoms with van der Waals surface area (Å²) >= 11 is 6.05. The van der Waals surface area contributed by atoms with Gasteiger partial charge in [-0.1, -0.05) is 48.0 Å². The largest absolute Gasteiger partial charge is 0.479 e. The van der Waals surface area contributed by atoms with Gasteiger partial charge in [-0.3, -0.25) is 9.89 Å². The minimum atomic E-state index is -1.62. The number of carboxylic acid groups (broad SMARTS) is 1. The van der Waals surface area contributed by atoms with Crippen molar-refractivity contribution in [3.63, 3.8) is 0 Å². The van der Waals surface area contributed by atoms with Crippen LogP contribution in [0.15, 0.2) is 54.6 Å². The lowest BCUT2D eigenvalue weighted by Gasteiger charge is -2.20. The lowest BCUT2D eigenvalue weighted by Crippen LogP contribution is -2.40. The summed E-state index contributed by atoms with van der Waals surface area (Å²) in [5, 5.41) is 38.3. The van der Waals surface area contributed by atoms with Gasteiger partial charge in [0, 0.05) is 17.5 Å². The fourth-order valence-electron chi connectivity index (χ4n) is 3.28. The van der Waals surface area contributed by atoms with Crippen LogP contribution < -0.4 is 5.32 Å². The van der Waals surface area contributed by atoms with Crippen LogP contribution in [0, 0.1) is 0 Å². The Kier molecular flexibility index (Phi) is 7.63. The molecule has 1 heterocycles. The monoisotopic (exact) mass is 457 g/mol. The van der Waals surface area contributed by atoms with Gasteiger partial charge in [0.2, 0.25) is 0 Å². The molecule has 2 aromatic carbocycles. The molecule has 0 aliphatic heterocycles. The number of halogens is 1. The lowest BCUT2D eigenvalue weighted by molar-refractivity contribution is -0.147. The van der Waals surface area contributed by atoms with E-state index in [-0.39, 0.29) is 12.1 Å². The van der Waals surface area contributed by atoms with Gasteiger partial charge in [0.05, 0.1) is 11.8 Å². The van der Waals surface area contributed by atoms with Crippen molar-refractivity contribution in [1.82, 2.24) is 15.5 Å². The van der Waals surface area contributed by atoms with Crippen LogP contribution in [0.2, 0.25) is 5.02 Å². The minimum Gasteiger partial charge on any atom is -0.479 e. The molecular weight excluding hydrogens is 434 g/mol. The maximum Gasteiger partial charge on any atom is 0.332 e. The van der Waals surface area contributed by atoms with Crippen LogP contribution in [-0.2, 0) is 11.2 Å². The van der Waals surface area contributed by atoms with Crippen molar-refractivity contribution in [2.45, 2.75) is 38.0 Å². The molecule has 0 aliphatic carbocycles. The van der Waals surface area contributed by atoms with Crippen molar-refractivity contribution in [2.24, 2.45) is 0 Å². The molecule has 0 saturated heterocycles. The summed E-state index contributed by atoms with van der Waals surface area (Å²) in [4.78, 5) is 23.7. The van der Waals surface area contributed by atoms with E-state index in [4.69, 9.17) is 16.7 Å². The van der Waals surface area contributed by atoms with E-state index in [0.717, 1.165) is 16.7 Å². The number of aromatic nitrogens is 2. The molecule has 0 bridgehead atoms. The number of H-pyrrole nitrogens is 1. The number of nitrogens with one attached hydrogen (secondary N) is 2. The van der Waals surface area contributed by atoms with Gasteiger partial charge in [0.1, 0.15) is 5.69 Å². The minimum absolute atomic E-state index is 0.131. The van der Waals surface area contributed by atoms with Crippen LogP contribution in [0.25, 0.3) is 11.1 Å². The fourth-order valence-corrected chi connectivity index (χ4v) is 3.47. The van der Waals surface area contributed by atoms with Crippen molar-refractivity contribution in [2.75, 3.05) is 0 Å². The summed E-state index contributed by atoms with van der Waals surface area (Å²) in [6.07, 6.45) is -2.33. The van der Waals surface area contributed by atoms with E-state index in [1.54, 1.807) is 6.07 Å². The molecule has 9 heteroatoms. The second kappa shape index (κ2) is 10.4. The molecule has 0 radical (unpaired) electrons. The summed E-state index contributed by atoms with van der Waals surface area (Å²) in [6.45, 7) is 1.52. The average molecular weight is 458 g/mol. The second-order valence-electron chi connectivity index (χ2n) is 7.55. The van der Waals surface area contributed by atoms with Gasteiger partial charge >= 0.3 is 5.97 Å². The Bertz CT molecular complexity index is 1080. The van der Waals surface area contributed by atoms with E-state index < -0.39 is 30.1 Å². The summed E-state index contributed by atoms with van der Waals surface area (Å²) in [7, 11) is 0. The number of hydrogen-bond acceptors (Lipinski definition) is 5. The molecule has 0 saturated carbocycles. The predicted octanol–water partition coefficient (Wildman–Crippen LogP) is 2.96. The third-order valence-electron chi connectivity index (χ3n) is 4.99. The molecule has 168 valence electrons. The molecule has 32 heavy (non-hydrogen) atoms. The van der Waals surface area contributed by atoms with Gasteiger partial charge < -0.3 is 20.6 Å². The van der Waals surface area contributed by atoms with Crippen LogP contribution in [0.3, 0.4) is 0 Å². The molecule has 3 rings (SSSR count). The van der Waals surface area contributed by atoms with Gasteiger partial charge in [-0.2, -0.15) is 5.10 Å². The number of hydrogen-bond donors (Lipinski definition) is 5. The lowest BCUT2D eigenvalue weighted by atomic mass is 9.97. The zero-order valence-corrected chi connectivity index (χ0v) is 18.1. The highest BCUT2D eigenvalue weighted by molar-refractivity contribution is 6.30. The number of benzene rings is 2. The zero-order chi connectivity index (χ0) is 23.3. The normalized spacial score (nSPS) is 13.9. The molecule has 1 unspecified atom stereocenters. The molecule has 1 amide bonds. The molecular formula is C23H24ClN3O5. The standard InChI is InChI=1S/C23H24ClN3O5/c1-13(28)19-12-20(27-26-19)22(30)25-18(11-21(29)23(31)32)9-14-5-7-15(8-6-14)16-3-2-4-17(24)10-16/h2-8,10,12-13,18,21,28-29H,9,11H2,1H3,(H,25,30)(H,26,27)(H,31,32)/t13?,18-,21-/m1/s1. The smallest absolute Gasteiger partial charge is 0.332 e. The van der Waals surface area contributed by atoms with E-state index in [1.165, 1.54) is 13.0 Å². The SMILES string of the molecule is CC(O)c1cc(C(=O)N[C@H](Cc2ccc(-c3cccc(Cl)c3)cc2)C[C@@H](O)C(=O)O)[nH]n1. The Morgan fingerprint density at radius 3 is 2.41 bits per heavy atom. The van der Waals surface area contributed by atoms with E-state index in [1.807, 2.05) is 42.5 Å². The van der Waals surface area contributed by atoms with Crippen LogP contribution in [0.4, 0.5) is 0 Å². The van der Waals surface area contributed by atoms with Crippen LogP contribution >= 0.6 is 11.6 Å². The molecule has 1 aromatic heterocycles. The van der Waals surface area contributed by atoms with Gasteiger partial charge in [-0.25, -0.2) is 4.79 Å². The first kappa shape index (κ1) is 23.5. The van der Waals surface area contributed by atoms with Crippen molar-refractivity contribution in [3.05, 3.63) is 76.6 Å². The molecule has 5 N–H and O–H groups in total. The summed E-state index contributed by atoms with van der Waals surface area (Å²) < 4.78 is 0. The highest BCUT2D eigenvalue weighted by Crippen LogP contribution is 2.23. The maximum atomic E-state index is 12.6. The number of aliphatic carboxylic acids is 1. The number of nitrogens with zero attached hydrogens (tertiary/aromatic N) is 1. The summed E-state index contributed by atoms with van der Waals surface area (Å²) in [6, 6.07) is 15.8. The fraction of sp³-hybridized carbons (Fsp3) is 0.261. The van der Waals surface area contributed by atoms with Gasteiger partial charge in [0.25, 0.3) is 5.91 Å². The van der Waals surface area contributed by atoms with Gasteiger partial charge in [-0.15, -0.1) is 0 Å². The zero-order valence-electron chi connectivity index (χ0n) is 17.3. The number of carbonyl (C=O) groups excluding carboxylic acids is 1. The highest BCUT2D eigenvalue weighted by atomic mass is 35.5. The number of carboxylic acids is 1. The Labute approximate surface area is 189 Å². The van der Waals surface area contributed by atoms with Gasteiger partial charge in [-0.05, 0) is 48.2 Å². The van der Waals surface area contributed by atoms with Crippen LogP contribution in [0.1, 0.15) is 41.2 Å². The van der Waals surface area contributed by atoms with E-state index >= 15 is 0 Å². The topological polar surface area (TPSA) is 136 Å². The molecule has 3 atom stereocenters. The number of carbonyl (C=O) groups is 2. The third-order valence-corrected chi connectivity index (χ3v) is 5.23. The number of aromatic amines is 1. The predicted molar refractivity (Wildman–Crippen MR) is 119 cm³/mol. The van der Waals surface area contributed by atoms with Crippen molar-refractivity contribution >= 4 is 23.5 Å². The first-order chi connectivity index (χ1) is 15.2. The molecule has 0 spiro atoms. The average Bonchev–Trinajstić information content (AvgIpc) is 3.25. The molecule has 0 aliphatic rings. The molecule has 0 fully saturated rings. The van der Waals surface area contributed by atoms with Gasteiger partial charge in [0.15, 0.2) is 6.10 Å². The number of aliphatic hydroxyl groups excluding tert-OH is 2. The first-order valence-electron chi connectivity index (χ1n) is 10.0. The number of rotatable bonds is 9. The second-order valence-corrected chi connectivity index (χ2v) is 7.99. The van der Waals surface area contributed by atoms with Crippen molar-refractivity contribution < 1.29 is 24.9 Å². The maximum absolute atomic E-state index is 12.6. The Hall–Kier alpha value is -3.20. The Morgan fingerprint density at radius 1 is 1.09 bits per heavy atom. The highest BCUT2D eigenvalue weighted by Gasteiger charge is 2.23.